The lowest BCUT2D eigenvalue weighted by Crippen LogP contribution is -2.52. The molecular formula is C25H38N6O2. The molecule has 33 heavy (non-hydrogen) atoms. The number of nitrogens with zero attached hydrogens (tertiary/aromatic N) is 3. The zero-order valence-electron chi connectivity index (χ0n) is 19.8. The van der Waals surface area contributed by atoms with Crippen LogP contribution in [0.15, 0.2) is 29.3 Å². The van der Waals surface area contributed by atoms with Crippen molar-refractivity contribution in [3.63, 3.8) is 0 Å². The molecule has 8 nitrogen and oxygen atoms in total. The molecule has 1 aromatic rings. The lowest BCUT2D eigenvalue weighted by molar-refractivity contribution is -0.120. The van der Waals surface area contributed by atoms with Gasteiger partial charge >= 0.3 is 0 Å². The highest BCUT2D eigenvalue weighted by Crippen LogP contribution is 2.23. The van der Waals surface area contributed by atoms with Crippen LogP contribution in [-0.4, -0.2) is 65.4 Å². The molecule has 2 atom stereocenters. The largest absolute Gasteiger partial charge is 0.386 e. The van der Waals surface area contributed by atoms with Gasteiger partial charge in [-0.25, -0.2) is 4.99 Å². The van der Waals surface area contributed by atoms with Crippen molar-refractivity contribution in [1.29, 1.82) is 5.41 Å². The molecule has 2 heterocycles. The van der Waals surface area contributed by atoms with Gasteiger partial charge < -0.3 is 20.7 Å². The van der Waals surface area contributed by atoms with E-state index >= 15 is 0 Å². The van der Waals surface area contributed by atoms with Gasteiger partial charge in [-0.2, -0.15) is 0 Å². The Balaban J connectivity index is 1.54. The normalized spacial score (nSPS) is 24.8. The van der Waals surface area contributed by atoms with E-state index in [9.17, 15) is 4.79 Å². The summed E-state index contributed by atoms with van der Waals surface area (Å²) in [4.78, 5) is 21.8. The first kappa shape index (κ1) is 23.7. The Hall–Kier alpha value is -2.45. The van der Waals surface area contributed by atoms with Crippen molar-refractivity contribution in [2.45, 2.75) is 83.3 Å². The van der Waals surface area contributed by atoms with Crippen molar-refractivity contribution in [2.24, 2.45) is 10.7 Å². The maximum absolute atomic E-state index is 12.4. The van der Waals surface area contributed by atoms with Gasteiger partial charge in [0, 0.05) is 26.1 Å². The van der Waals surface area contributed by atoms with Crippen LogP contribution in [0.1, 0.15) is 63.0 Å². The monoisotopic (exact) mass is 454 g/mol. The fraction of sp³-hybridized carbons (Fsp3) is 0.640. The second-order valence-corrected chi connectivity index (χ2v) is 9.56. The van der Waals surface area contributed by atoms with Crippen LogP contribution in [0.4, 0.5) is 0 Å². The number of aliphatic imine (C=N–C) groups is 1. The number of nitrogens with one attached hydrogen (secondary N) is 2. The van der Waals surface area contributed by atoms with E-state index in [0.29, 0.717) is 25.3 Å². The van der Waals surface area contributed by atoms with Crippen molar-refractivity contribution < 1.29 is 9.53 Å². The van der Waals surface area contributed by atoms with E-state index in [4.69, 9.17) is 20.9 Å². The van der Waals surface area contributed by atoms with Gasteiger partial charge in [0.05, 0.1) is 6.10 Å². The zero-order valence-corrected chi connectivity index (χ0v) is 19.8. The molecule has 2 aliphatic heterocycles. The molecule has 1 aromatic carbocycles. The average molecular weight is 455 g/mol. The van der Waals surface area contributed by atoms with Gasteiger partial charge in [-0.3, -0.25) is 15.1 Å². The van der Waals surface area contributed by atoms with Crippen LogP contribution in [0.3, 0.4) is 0 Å². The highest BCUT2D eigenvalue weighted by atomic mass is 16.5. The second kappa shape index (κ2) is 11.1. The number of hydrogen-bond acceptors (Lipinski definition) is 5. The molecule has 1 amide bonds. The Morgan fingerprint density at radius 3 is 2.58 bits per heavy atom. The molecule has 2 unspecified atom stereocenters. The third-order valence-electron chi connectivity index (χ3n) is 6.78. The van der Waals surface area contributed by atoms with Crippen LogP contribution in [-0.2, 0) is 22.6 Å². The number of hydrogen-bond donors (Lipinski definition) is 3. The van der Waals surface area contributed by atoms with Crippen LogP contribution in [0.25, 0.3) is 0 Å². The molecule has 4 rings (SSSR count). The molecule has 2 saturated heterocycles. The number of nitrogens with two attached hydrogens (primary N) is 1. The number of ether oxygens (including phenoxy) is 1. The minimum absolute atomic E-state index is 0.107. The third-order valence-corrected chi connectivity index (χ3v) is 6.78. The van der Waals surface area contributed by atoms with Gasteiger partial charge in [-0.05, 0) is 56.8 Å². The minimum atomic E-state index is -0.734. The summed E-state index contributed by atoms with van der Waals surface area (Å²) >= 11 is 0. The van der Waals surface area contributed by atoms with Gasteiger partial charge in [-0.15, -0.1) is 0 Å². The second-order valence-electron chi connectivity index (χ2n) is 9.56. The zero-order chi connectivity index (χ0) is 23.2. The molecule has 180 valence electrons. The maximum Gasteiger partial charge on any atom is 0.222 e. The molecule has 1 saturated carbocycles. The van der Waals surface area contributed by atoms with E-state index in [2.05, 4.69) is 39.4 Å². The molecule has 0 radical (unpaired) electrons. The van der Waals surface area contributed by atoms with Crippen molar-refractivity contribution in [2.75, 3.05) is 19.6 Å². The molecule has 3 fully saturated rings. The number of likely N-dealkylation sites (tertiary alicyclic amines) is 1. The summed E-state index contributed by atoms with van der Waals surface area (Å²) in [5.41, 5.74) is 8.39. The molecule has 8 heteroatoms. The topological polar surface area (TPSA) is 107 Å². The fourth-order valence-electron chi connectivity index (χ4n) is 5.13. The Labute approximate surface area is 197 Å². The summed E-state index contributed by atoms with van der Waals surface area (Å²) in [6, 6.07) is 7.92. The van der Waals surface area contributed by atoms with E-state index in [-0.39, 0.29) is 24.1 Å². The number of rotatable bonds is 8. The van der Waals surface area contributed by atoms with E-state index < -0.39 is 6.04 Å². The summed E-state index contributed by atoms with van der Waals surface area (Å²) in [6.45, 7) is 6.38. The van der Waals surface area contributed by atoms with Crippen molar-refractivity contribution in [1.82, 2.24) is 15.1 Å². The molecule has 1 aliphatic carbocycles. The number of benzene rings is 1. The maximum atomic E-state index is 12.4. The van der Waals surface area contributed by atoms with Gasteiger partial charge in [-0.1, -0.05) is 37.1 Å². The number of amidine groups is 2. The average Bonchev–Trinajstić information content (AvgIpc) is 3.45. The van der Waals surface area contributed by atoms with Crippen molar-refractivity contribution in [3.05, 3.63) is 35.4 Å². The summed E-state index contributed by atoms with van der Waals surface area (Å²) in [5.74, 6) is 0.395. The number of carbonyl (C=O) groups excluding carboxylic acids is 1. The molecule has 0 spiro atoms. The predicted molar refractivity (Wildman–Crippen MR) is 130 cm³/mol. The van der Waals surface area contributed by atoms with Crippen LogP contribution >= 0.6 is 0 Å². The van der Waals surface area contributed by atoms with Crippen LogP contribution in [0.5, 0.6) is 0 Å². The van der Waals surface area contributed by atoms with Crippen molar-refractivity contribution in [3.8, 4) is 0 Å². The third kappa shape index (κ3) is 6.54. The standard InChI is InChI=1S/C25H38N6O2/c1-18(33-21-9-2-3-10-21)28-25-23(24(26)27)29-22(32)11-14-31(25)17-20-8-6-7-19(15-20)16-30-12-4-5-13-30/h6-8,15,18,21,23H,2-5,9-14,16-17H2,1H3,(H3,26,27)(H,29,32). The Bertz CT molecular complexity index is 860. The quantitative estimate of drug-likeness (QED) is 0.413. The fourth-order valence-corrected chi connectivity index (χ4v) is 5.13. The van der Waals surface area contributed by atoms with E-state index in [1.807, 2.05) is 6.92 Å². The Morgan fingerprint density at radius 2 is 1.88 bits per heavy atom. The molecule has 4 N–H and O–H groups in total. The lowest BCUT2D eigenvalue weighted by atomic mass is 10.1. The smallest absolute Gasteiger partial charge is 0.222 e. The van der Waals surface area contributed by atoms with Crippen LogP contribution in [0, 0.1) is 5.41 Å². The summed E-state index contributed by atoms with van der Waals surface area (Å²) < 4.78 is 6.16. The first-order valence-electron chi connectivity index (χ1n) is 12.4. The van der Waals surface area contributed by atoms with E-state index in [0.717, 1.165) is 19.4 Å². The lowest BCUT2D eigenvalue weighted by Gasteiger charge is -2.29. The minimum Gasteiger partial charge on any atom is -0.386 e. The first-order chi connectivity index (χ1) is 16.0. The van der Waals surface area contributed by atoms with E-state index in [1.54, 1.807) is 0 Å². The van der Waals surface area contributed by atoms with E-state index in [1.165, 1.54) is 49.9 Å². The van der Waals surface area contributed by atoms with Crippen LogP contribution in [0.2, 0.25) is 0 Å². The Kier molecular flexibility index (Phi) is 7.98. The molecule has 0 aromatic heterocycles. The highest BCUT2D eigenvalue weighted by molar-refractivity contribution is 6.10. The van der Waals surface area contributed by atoms with Gasteiger partial charge in [0.2, 0.25) is 5.91 Å². The van der Waals surface area contributed by atoms with Crippen molar-refractivity contribution >= 4 is 17.6 Å². The van der Waals surface area contributed by atoms with Gasteiger partial charge in [0.15, 0.2) is 0 Å². The molecule has 0 bridgehead atoms. The van der Waals surface area contributed by atoms with Gasteiger partial charge in [0.1, 0.15) is 23.9 Å². The molecular weight excluding hydrogens is 416 g/mol. The predicted octanol–water partition coefficient (Wildman–Crippen LogP) is 2.61. The highest BCUT2D eigenvalue weighted by Gasteiger charge is 2.31. The summed E-state index contributed by atoms with van der Waals surface area (Å²) in [5, 5.41) is 11.0. The van der Waals surface area contributed by atoms with Crippen LogP contribution < -0.4 is 11.1 Å². The summed E-state index contributed by atoms with van der Waals surface area (Å²) in [7, 11) is 0. The summed E-state index contributed by atoms with van der Waals surface area (Å²) in [6.07, 6.45) is 7.29. The Morgan fingerprint density at radius 1 is 1.18 bits per heavy atom. The molecule has 3 aliphatic rings. The van der Waals surface area contributed by atoms with Gasteiger partial charge in [0.25, 0.3) is 0 Å². The first-order valence-corrected chi connectivity index (χ1v) is 12.4. The number of amides is 1. The number of carbonyl (C=O) groups is 1. The SMILES string of the molecule is CC(N=C1C(C(=N)N)NC(=O)CCN1Cc1cccc(CN2CCCC2)c1)OC1CCCC1.